The summed E-state index contributed by atoms with van der Waals surface area (Å²) >= 11 is 6.04. The molecule has 0 aromatic heterocycles. The summed E-state index contributed by atoms with van der Waals surface area (Å²) in [6.07, 6.45) is 0. The summed E-state index contributed by atoms with van der Waals surface area (Å²) in [6.45, 7) is 4.12. The normalized spacial score (nSPS) is 13.2. The number of hydrogen-bond acceptors (Lipinski definition) is 2. The number of nitrogens with two attached hydrogens (primary N) is 1. The molecule has 0 aliphatic rings. The number of benzene rings is 2. The van der Waals surface area contributed by atoms with Gasteiger partial charge in [-0.05, 0) is 35.4 Å². The molecule has 0 radical (unpaired) electrons. The summed E-state index contributed by atoms with van der Waals surface area (Å²) < 4.78 is 13.1. The van der Waals surface area contributed by atoms with Crippen molar-refractivity contribution >= 4 is 11.6 Å². The fourth-order valence-electron chi connectivity index (χ4n) is 2.45. The molecule has 0 aliphatic heterocycles. The second-order valence-corrected chi connectivity index (χ2v) is 5.82. The number of nitrogens with one attached hydrogen (secondary N) is 1. The molecule has 1 atom stereocenters. The Balaban J connectivity index is 2.41. The van der Waals surface area contributed by atoms with Crippen molar-refractivity contribution in [3.63, 3.8) is 0 Å². The number of hydrazine groups is 1. The first-order valence-corrected chi connectivity index (χ1v) is 6.80. The van der Waals surface area contributed by atoms with Gasteiger partial charge in [-0.1, -0.05) is 49.7 Å². The van der Waals surface area contributed by atoms with Crippen LogP contribution in [-0.2, 0) is 5.41 Å². The maximum Gasteiger partial charge on any atom is 0.123 e. The molecule has 3 N–H and O–H groups in total. The molecule has 0 heterocycles. The van der Waals surface area contributed by atoms with Gasteiger partial charge < -0.3 is 0 Å². The molecule has 2 aromatic rings. The van der Waals surface area contributed by atoms with Crippen LogP contribution in [0.4, 0.5) is 4.39 Å². The minimum Gasteiger partial charge on any atom is -0.271 e. The molecule has 0 saturated carbocycles. The molecule has 0 aliphatic carbocycles. The molecule has 0 bridgehead atoms. The van der Waals surface area contributed by atoms with E-state index in [0.717, 1.165) is 11.1 Å². The number of hydrogen-bond donors (Lipinski definition) is 2. The van der Waals surface area contributed by atoms with E-state index in [9.17, 15) is 4.39 Å². The highest BCUT2D eigenvalue weighted by Gasteiger charge is 2.32. The Morgan fingerprint density at radius 3 is 2.35 bits per heavy atom. The molecule has 106 valence electrons. The predicted octanol–water partition coefficient (Wildman–Crippen LogP) is 3.96. The first-order chi connectivity index (χ1) is 9.45. The van der Waals surface area contributed by atoms with Gasteiger partial charge in [0.2, 0.25) is 0 Å². The molecule has 0 saturated heterocycles. The molecule has 0 amide bonds. The van der Waals surface area contributed by atoms with Crippen molar-refractivity contribution in [1.82, 2.24) is 5.43 Å². The van der Waals surface area contributed by atoms with Gasteiger partial charge in [-0.25, -0.2) is 4.39 Å². The summed E-state index contributed by atoms with van der Waals surface area (Å²) in [6, 6.07) is 13.9. The van der Waals surface area contributed by atoms with Gasteiger partial charge in [-0.2, -0.15) is 0 Å². The topological polar surface area (TPSA) is 38.0 Å². The van der Waals surface area contributed by atoms with Gasteiger partial charge in [0.05, 0.1) is 6.04 Å². The van der Waals surface area contributed by atoms with Crippen LogP contribution < -0.4 is 11.3 Å². The van der Waals surface area contributed by atoms with Gasteiger partial charge >= 0.3 is 0 Å². The van der Waals surface area contributed by atoms with Crippen LogP contribution in [0, 0.1) is 5.82 Å². The SMILES string of the molecule is CC(C)(c1ccc(F)cc1)C(NN)c1cccc(Cl)c1. The Labute approximate surface area is 123 Å². The molecule has 2 nitrogen and oxygen atoms in total. The fourth-order valence-corrected chi connectivity index (χ4v) is 2.65. The highest BCUT2D eigenvalue weighted by atomic mass is 35.5. The molecule has 20 heavy (non-hydrogen) atoms. The van der Waals surface area contributed by atoms with E-state index < -0.39 is 0 Å². The first kappa shape index (κ1) is 15.0. The lowest BCUT2D eigenvalue weighted by atomic mass is 9.75. The minimum absolute atomic E-state index is 0.133. The summed E-state index contributed by atoms with van der Waals surface area (Å²) in [5, 5.41) is 0.664. The lowest BCUT2D eigenvalue weighted by molar-refractivity contribution is 0.352. The molecule has 0 spiro atoms. The molecular weight excluding hydrogens is 275 g/mol. The maximum absolute atomic E-state index is 13.1. The van der Waals surface area contributed by atoms with Crippen molar-refractivity contribution in [2.75, 3.05) is 0 Å². The van der Waals surface area contributed by atoms with Crippen molar-refractivity contribution in [2.45, 2.75) is 25.3 Å². The monoisotopic (exact) mass is 292 g/mol. The van der Waals surface area contributed by atoms with Crippen LogP contribution in [-0.4, -0.2) is 0 Å². The molecule has 2 aromatic carbocycles. The van der Waals surface area contributed by atoms with E-state index in [1.807, 2.05) is 24.3 Å². The van der Waals surface area contributed by atoms with Crippen molar-refractivity contribution in [3.05, 3.63) is 70.5 Å². The summed E-state index contributed by atoms with van der Waals surface area (Å²) in [5.74, 6) is 5.50. The van der Waals surface area contributed by atoms with E-state index in [1.165, 1.54) is 12.1 Å². The van der Waals surface area contributed by atoms with Gasteiger partial charge in [0, 0.05) is 10.4 Å². The smallest absolute Gasteiger partial charge is 0.123 e. The zero-order valence-corrected chi connectivity index (χ0v) is 12.3. The van der Waals surface area contributed by atoms with Crippen LogP contribution in [0.2, 0.25) is 5.02 Å². The standard InChI is InChI=1S/C16H18ClFN2/c1-16(2,12-6-8-14(18)9-7-12)15(20-19)11-4-3-5-13(17)10-11/h3-10,15,20H,19H2,1-2H3. The first-order valence-electron chi connectivity index (χ1n) is 6.43. The Morgan fingerprint density at radius 1 is 1.15 bits per heavy atom. The van der Waals surface area contributed by atoms with Crippen molar-refractivity contribution in [1.29, 1.82) is 0 Å². The van der Waals surface area contributed by atoms with Gasteiger partial charge in [-0.3, -0.25) is 11.3 Å². The molecule has 1 unspecified atom stereocenters. The van der Waals surface area contributed by atoms with Crippen LogP contribution >= 0.6 is 11.6 Å². The van der Waals surface area contributed by atoms with Crippen molar-refractivity contribution in [3.8, 4) is 0 Å². The zero-order chi connectivity index (χ0) is 14.8. The third-order valence-electron chi connectivity index (χ3n) is 3.66. The molecule has 4 heteroatoms. The average Bonchev–Trinajstić information content (AvgIpc) is 2.40. The zero-order valence-electron chi connectivity index (χ0n) is 11.5. The second-order valence-electron chi connectivity index (χ2n) is 5.38. The van der Waals surface area contributed by atoms with Gasteiger partial charge in [0.15, 0.2) is 0 Å². The van der Waals surface area contributed by atoms with Crippen LogP contribution in [0.15, 0.2) is 48.5 Å². The number of rotatable bonds is 4. The quantitative estimate of drug-likeness (QED) is 0.661. The van der Waals surface area contributed by atoms with Crippen molar-refractivity contribution in [2.24, 2.45) is 5.84 Å². The molecule has 0 fully saturated rings. The highest BCUT2D eigenvalue weighted by Crippen LogP contribution is 2.37. The summed E-state index contributed by atoms with van der Waals surface area (Å²) in [7, 11) is 0. The number of halogens is 2. The Kier molecular flexibility index (Phi) is 4.43. The Hall–Kier alpha value is -1.42. The predicted molar refractivity (Wildman–Crippen MR) is 80.9 cm³/mol. The third-order valence-corrected chi connectivity index (χ3v) is 3.89. The van der Waals surface area contributed by atoms with Gasteiger partial charge in [0.25, 0.3) is 0 Å². The van der Waals surface area contributed by atoms with Crippen LogP contribution in [0.5, 0.6) is 0 Å². The van der Waals surface area contributed by atoms with Crippen LogP contribution in [0.3, 0.4) is 0 Å². The van der Waals surface area contributed by atoms with Gasteiger partial charge in [0.1, 0.15) is 5.82 Å². The average molecular weight is 293 g/mol. The summed E-state index contributed by atoms with van der Waals surface area (Å²) in [5.41, 5.74) is 4.53. The van der Waals surface area contributed by atoms with E-state index in [-0.39, 0.29) is 17.3 Å². The van der Waals surface area contributed by atoms with E-state index in [4.69, 9.17) is 17.4 Å². The van der Waals surface area contributed by atoms with E-state index >= 15 is 0 Å². The minimum atomic E-state index is -0.312. The van der Waals surface area contributed by atoms with Gasteiger partial charge in [-0.15, -0.1) is 0 Å². The van der Waals surface area contributed by atoms with Crippen LogP contribution in [0.25, 0.3) is 0 Å². The van der Waals surface area contributed by atoms with E-state index in [2.05, 4.69) is 19.3 Å². The maximum atomic E-state index is 13.1. The largest absolute Gasteiger partial charge is 0.271 e. The fraction of sp³-hybridized carbons (Fsp3) is 0.250. The molecule has 2 rings (SSSR count). The Bertz CT molecular complexity index is 581. The summed E-state index contributed by atoms with van der Waals surface area (Å²) in [4.78, 5) is 0. The van der Waals surface area contributed by atoms with E-state index in [0.29, 0.717) is 5.02 Å². The Morgan fingerprint density at radius 2 is 1.80 bits per heavy atom. The van der Waals surface area contributed by atoms with E-state index in [1.54, 1.807) is 12.1 Å². The lowest BCUT2D eigenvalue weighted by Gasteiger charge is -2.35. The molecular formula is C16H18ClFN2. The second kappa shape index (κ2) is 5.92. The van der Waals surface area contributed by atoms with Crippen LogP contribution in [0.1, 0.15) is 31.0 Å². The van der Waals surface area contributed by atoms with Crippen molar-refractivity contribution < 1.29 is 4.39 Å². The lowest BCUT2D eigenvalue weighted by Crippen LogP contribution is -2.41. The highest BCUT2D eigenvalue weighted by molar-refractivity contribution is 6.30. The third kappa shape index (κ3) is 3.01.